The number of nitrogens with zero attached hydrogens (tertiary/aromatic N) is 2. The highest BCUT2D eigenvalue weighted by atomic mass is 79.9. The molecule has 1 unspecified atom stereocenters. The summed E-state index contributed by atoms with van der Waals surface area (Å²) in [5.41, 5.74) is 0.892. The van der Waals surface area contributed by atoms with E-state index in [4.69, 9.17) is 4.74 Å². The van der Waals surface area contributed by atoms with E-state index < -0.39 is 0 Å². The second-order valence-electron chi connectivity index (χ2n) is 6.10. The molecule has 0 amide bonds. The van der Waals surface area contributed by atoms with Crippen LogP contribution in [0.1, 0.15) is 31.4 Å². The Kier molecular flexibility index (Phi) is 4.94. The third kappa shape index (κ3) is 3.31. The fourth-order valence-electron chi connectivity index (χ4n) is 3.77. The lowest BCUT2D eigenvalue weighted by Crippen LogP contribution is -2.59. The molecule has 5 heteroatoms. The van der Waals surface area contributed by atoms with Gasteiger partial charge in [-0.3, -0.25) is 9.88 Å². The van der Waals surface area contributed by atoms with Gasteiger partial charge in [0.15, 0.2) is 0 Å². The number of morpholine rings is 1. The van der Waals surface area contributed by atoms with Crippen molar-refractivity contribution in [1.82, 2.24) is 9.88 Å². The van der Waals surface area contributed by atoms with E-state index in [0.29, 0.717) is 6.42 Å². The first-order chi connectivity index (χ1) is 10.2. The summed E-state index contributed by atoms with van der Waals surface area (Å²) in [5, 5.41) is 10.9. The van der Waals surface area contributed by atoms with Crippen molar-refractivity contribution in [3.63, 3.8) is 0 Å². The molecule has 3 rings (SSSR count). The predicted molar refractivity (Wildman–Crippen MR) is 85.2 cm³/mol. The van der Waals surface area contributed by atoms with Gasteiger partial charge in [-0.1, -0.05) is 12.8 Å². The molecule has 4 nitrogen and oxygen atoms in total. The monoisotopic (exact) mass is 354 g/mol. The SMILES string of the molecule is OC(Cc1ccc(Br)cn1)C1(N2CCOCC2)CCCC1. The van der Waals surface area contributed by atoms with Gasteiger partial charge < -0.3 is 9.84 Å². The number of ether oxygens (including phenoxy) is 1. The van der Waals surface area contributed by atoms with Gasteiger partial charge in [0.25, 0.3) is 0 Å². The minimum atomic E-state index is -0.355. The van der Waals surface area contributed by atoms with Gasteiger partial charge in [0.2, 0.25) is 0 Å². The second kappa shape index (κ2) is 6.73. The van der Waals surface area contributed by atoms with Crippen molar-refractivity contribution in [2.24, 2.45) is 0 Å². The fraction of sp³-hybridized carbons (Fsp3) is 0.688. The standard InChI is InChI=1S/C16H23BrN2O2/c17-13-3-4-14(18-12-13)11-15(20)16(5-1-2-6-16)19-7-9-21-10-8-19/h3-4,12,15,20H,1-2,5-11H2. The first kappa shape index (κ1) is 15.4. The number of halogens is 1. The Bertz CT molecular complexity index is 454. The average Bonchev–Trinajstić information content (AvgIpc) is 3.01. The first-order valence-corrected chi connectivity index (χ1v) is 8.61. The Morgan fingerprint density at radius 1 is 1.29 bits per heavy atom. The van der Waals surface area contributed by atoms with E-state index in [1.807, 2.05) is 12.1 Å². The van der Waals surface area contributed by atoms with Gasteiger partial charge in [-0.15, -0.1) is 0 Å². The van der Waals surface area contributed by atoms with Gasteiger partial charge >= 0.3 is 0 Å². The molecule has 2 heterocycles. The van der Waals surface area contributed by atoms with E-state index in [9.17, 15) is 5.11 Å². The molecule has 1 aromatic heterocycles. The lowest BCUT2D eigenvalue weighted by atomic mass is 9.85. The van der Waals surface area contributed by atoms with Crippen molar-refractivity contribution in [1.29, 1.82) is 0 Å². The zero-order valence-corrected chi connectivity index (χ0v) is 13.9. The van der Waals surface area contributed by atoms with E-state index in [2.05, 4.69) is 25.8 Å². The summed E-state index contributed by atoms with van der Waals surface area (Å²) >= 11 is 3.40. The Labute approximate surface area is 134 Å². The number of hydrogen-bond acceptors (Lipinski definition) is 4. The minimum Gasteiger partial charge on any atom is -0.391 e. The van der Waals surface area contributed by atoms with Crippen molar-refractivity contribution in [2.75, 3.05) is 26.3 Å². The molecule has 1 aliphatic heterocycles. The third-order valence-electron chi connectivity index (χ3n) is 4.92. The highest BCUT2D eigenvalue weighted by Gasteiger charge is 2.45. The molecule has 0 spiro atoms. The van der Waals surface area contributed by atoms with E-state index in [0.717, 1.165) is 49.3 Å². The molecule has 1 saturated carbocycles. The lowest BCUT2D eigenvalue weighted by Gasteiger charge is -2.46. The van der Waals surface area contributed by atoms with E-state index >= 15 is 0 Å². The van der Waals surface area contributed by atoms with Gasteiger partial charge in [-0.05, 0) is 40.9 Å². The molecule has 2 fully saturated rings. The highest BCUT2D eigenvalue weighted by Crippen LogP contribution is 2.39. The number of aliphatic hydroxyl groups excluding tert-OH is 1. The van der Waals surface area contributed by atoms with Gasteiger partial charge in [0, 0.05) is 41.4 Å². The van der Waals surface area contributed by atoms with Gasteiger partial charge in [-0.2, -0.15) is 0 Å². The summed E-state index contributed by atoms with van der Waals surface area (Å²) in [7, 11) is 0. The summed E-state index contributed by atoms with van der Waals surface area (Å²) in [5.74, 6) is 0. The number of rotatable bonds is 4. The first-order valence-electron chi connectivity index (χ1n) is 7.82. The van der Waals surface area contributed by atoms with Crippen LogP contribution in [-0.4, -0.2) is 52.9 Å². The highest BCUT2D eigenvalue weighted by molar-refractivity contribution is 9.10. The molecule has 116 valence electrons. The van der Waals surface area contributed by atoms with Crippen LogP contribution in [0.25, 0.3) is 0 Å². The Morgan fingerprint density at radius 3 is 2.62 bits per heavy atom. The topological polar surface area (TPSA) is 45.6 Å². The van der Waals surface area contributed by atoms with Crippen LogP contribution in [0.3, 0.4) is 0 Å². The van der Waals surface area contributed by atoms with E-state index in [1.54, 1.807) is 6.20 Å². The summed E-state index contributed by atoms with van der Waals surface area (Å²) in [6, 6.07) is 3.99. The Balaban J connectivity index is 1.74. The molecule has 1 aromatic rings. The van der Waals surface area contributed by atoms with Gasteiger partial charge in [0.05, 0.1) is 19.3 Å². The summed E-state index contributed by atoms with van der Waals surface area (Å²) in [6.45, 7) is 3.44. The molecular formula is C16H23BrN2O2. The molecule has 1 aliphatic carbocycles. The smallest absolute Gasteiger partial charge is 0.0779 e. The van der Waals surface area contributed by atoms with Crippen LogP contribution in [0.15, 0.2) is 22.8 Å². The quantitative estimate of drug-likeness (QED) is 0.901. The molecule has 0 radical (unpaired) electrons. The van der Waals surface area contributed by atoms with Crippen LogP contribution in [0, 0.1) is 0 Å². The maximum absolute atomic E-state index is 10.9. The minimum absolute atomic E-state index is 0.0709. The van der Waals surface area contributed by atoms with Crippen LogP contribution < -0.4 is 0 Å². The second-order valence-corrected chi connectivity index (χ2v) is 7.01. The zero-order chi connectivity index (χ0) is 14.7. The molecule has 1 atom stereocenters. The fourth-order valence-corrected chi connectivity index (χ4v) is 4.01. The Morgan fingerprint density at radius 2 is 2.00 bits per heavy atom. The molecule has 1 N–H and O–H groups in total. The Hall–Kier alpha value is -0.490. The molecule has 1 saturated heterocycles. The lowest BCUT2D eigenvalue weighted by molar-refractivity contribution is -0.0756. The third-order valence-corrected chi connectivity index (χ3v) is 5.39. The molecule has 0 aromatic carbocycles. The average molecular weight is 355 g/mol. The van der Waals surface area contributed by atoms with Crippen LogP contribution in [0.2, 0.25) is 0 Å². The number of pyridine rings is 1. The van der Waals surface area contributed by atoms with Crippen molar-refractivity contribution >= 4 is 15.9 Å². The van der Waals surface area contributed by atoms with E-state index in [-0.39, 0.29) is 11.6 Å². The summed E-state index contributed by atoms with van der Waals surface area (Å²) < 4.78 is 6.45. The largest absolute Gasteiger partial charge is 0.391 e. The molecule has 21 heavy (non-hydrogen) atoms. The summed E-state index contributed by atoms with van der Waals surface area (Å²) in [6.07, 6.45) is 6.68. The molecule has 0 bridgehead atoms. The summed E-state index contributed by atoms with van der Waals surface area (Å²) in [4.78, 5) is 6.88. The van der Waals surface area contributed by atoms with E-state index in [1.165, 1.54) is 12.8 Å². The maximum Gasteiger partial charge on any atom is 0.0779 e. The van der Waals surface area contributed by atoms with Gasteiger partial charge in [-0.25, -0.2) is 0 Å². The molecule has 2 aliphatic rings. The predicted octanol–water partition coefficient (Wildman–Crippen LogP) is 2.39. The normalized spacial score (nSPS) is 24.1. The zero-order valence-electron chi connectivity index (χ0n) is 12.3. The number of hydrogen-bond donors (Lipinski definition) is 1. The number of aromatic nitrogens is 1. The van der Waals surface area contributed by atoms with Crippen LogP contribution >= 0.6 is 15.9 Å². The van der Waals surface area contributed by atoms with Crippen molar-refractivity contribution in [3.8, 4) is 0 Å². The van der Waals surface area contributed by atoms with Crippen LogP contribution in [0.4, 0.5) is 0 Å². The van der Waals surface area contributed by atoms with Crippen LogP contribution in [-0.2, 0) is 11.2 Å². The van der Waals surface area contributed by atoms with Crippen LogP contribution in [0.5, 0.6) is 0 Å². The van der Waals surface area contributed by atoms with Crippen molar-refractivity contribution in [3.05, 3.63) is 28.5 Å². The van der Waals surface area contributed by atoms with Crippen molar-refractivity contribution < 1.29 is 9.84 Å². The number of aliphatic hydroxyl groups is 1. The van der Waals surface area contributed by atoms with Crippen molar-refractivity contribution in [2.45, 2.75) is 43.7 Å². The maximum atomic E-state index is 10.9. The molecular weight excluding hydrogens is 332 g/mol. The van der Waals surface area contributed by atoms with Gasteiger partial charge in [0.1, 0.15) is 0 Å².